The quantitative estimate of drug-likeness (QED) is 0.185. The molecule has 0 saturated heterocycles. The van der Waals surface area contributed by atoms with E-state index < -0.39 is 14.0 Å². The third-order valence-electron chi connectivity index (χ3n) is 6.87. The third-order valence-corrected chi connectivity index (χ3v) is 6.87. The van der Waals surface area contributed by atoms with E-state index in [1.54, 1.807) is 34.6 Å². The fraction of sp³-hybridized carbons (Fsp3) is 0.147. The molecular weight excluding hydrogens is 687 g/mol. The standard InChI is InChI=1S/C23H25N4.C11H7N2.Pt/c1-17-10-18(2)23(19(3)11-17)20-12-21(26-8-6-24(4)15-26)14-22(13-20)27-9-7-25(5)16-27;1-2-4-10-8(3-1)9-5-6-12-7-11(9)13-10;/h6-13,15-16H,1-5H3;1-7H;/q-3;-1;+4/i4D3,5D3;;. The van der Waals surface area contributed by atoms with Crippen LogP contribution < -0.4 is 14.8 Å². The normalized spacial score (nSPS) is 17.0. The molecule has 2 aliphatic heterocycles. The predicted molar refractivity (Wildman–Crippen MR) is 165 cm³/mol. The molecule has 0 unspecified atom stereocenters. The summed E-state index contributed by atoms with van der Waals surface area (Å²) >= 11 is 0. The van der Waals surface area contributed by atoms with Crippen molar-refractivity contribution >= 4 is 33.2 Å². The summed E-state index contributed by atoms with van der Waals surface area (Å²) in [5.41, 5.74) is 8.70. The first kappa shape index (κ1) is 21.7. The van der Waals surface area contributed by atoms with E-state index in [4.69, 9.17) is 8.22 Å². The molecule has 0 N–H and O–H groups in total. The summed E-state index contributed by atoms with van der Waals surface area (Å²) in [7, 11) is 0. The van der Waals surface area contributed by atoms with Crippen LogP contribution >= 0.6 is 0 Å². The van der Waals surface area contributed by atoms with Crippen LogP contribution in [0.1, 0.15) is 24.9 Å². The van der Waals surface area contributed by atoms with Crippen LogP contribution in [-0.4, -0.2) is 28.7 Å². The minimum atomic E-state index is -2.29. The van der Waals surface area contributed by atoms with Crippen LogP contribution in [0.4, 0.5) is 11.4 Å². The number of nitrogens with zero attached hydrogens (tertiary/aromatic N) is 6. The zero-order valence-electron chi connectivity index (χ0n) is 28.8. The molecular formula is C34H32N6Pt. The molecule has 3 aromatic carbocycles. The van der Waals surface area contributed by atoms with E-state index in [0.717, 1.165) is 43.1 Å². The zero-order valence-corrected chi connectivity index (χ0v) is 25.1. The minimum absolute atomic E-state index is 0. The summed E-state index contributed by atoms with van der Waals surface area (Å²) in [5, 5.41) is 2.39. The van der Waals surface area contributed by atoms with Gasteiger partial charge in [0.05, 0.1) is 0 Å². The van der Waals surface area contributed by atoms with Gasteiger partial charge in [0.15, 0.2) is 0 Å². The second-order valence-corrected chi connectivity index (χ2v) is 9.89. The van der Waals surface area contributed by atoms with E-state index in [0.29, 0.717) is 11.4 Å². The average molecular weight is 726 g/mol. The molecule has 0 fully saturated rings. The number of para-hydroxylation sites is 1. The maximum absolute atomic E-state index is 7.65. The van der Waals surface area contributed by atoms with Crippen molar-refractivity contribution < 1.29 is 29.3 Å². The third kappa shape index (κ3) is 5.89. The molecule has 0 radical (unpaired) electrons. The monoisotopic (exact) mass is 725 g/mol. The van der Waals surface area contributed by atoms with E-state index in [1.807, 2.05) is 36.4 Å². The molecule has 5 aromatic rings. The fourth-order valence-electron chi connectivity index (χ4n) is 5.22. The van der Waals surface area contributed by atoms with Gasteiger partial charge in [-0.1, -0.05) is 42.0 Å². The van der Waals surface area contributed by atoms with Crippen molar-refractivity contribution in [3.8, 4) is 11.1 Å². The molecule has 0 aliphatic carbocycles. The second-order valence-electron chi connectivity index (χ2n) is 9.89. The molecule has 2 aliphatic rings. The molecule has 7 rings (SSSR count). The number of aromatic nitrogens is 2. The first-order chi connectivity index (χ1) is 21.8. The molecule has 2 aromatic heterocycles. The Morgan fingerprint density at radius 1 is 0.780 bits per heavy atom. The zero-order chi connectivity index (χ0) is 32.8. The van der Waals surface area contributed by atoms with Gasteiger partial charge in [0.25, 0.3) is 0 Å². The van der Waals surface area contributed by atoms with E-state index >= 15 is 0 Å². The summed E-state index contributed by atoms with van der Waals surface area (Å²) in [6.07, 6.45) is 9.92. The molecule has 0 spiro atoms. The van der Waals surface area contributed by atoms with Gasteiger partial charge in [-0.3, -0.25) is 4.98 Å². The number of hydrogen-bond donors (Lipinski definition) is 0. The summed E-state index contributed by atoms with van der Waals surface area (Å²) in [6.45, 7) is 4.59. The number of benzene rings is 3. The van der Waals surface area contributed by atoms with E-state index in [2.05, 4.69) is 55.0 Å². The molecule has 0 amide bonds. The molecule has 4 heterocycles. The molecule has 7 heteroatoms. The van der Waals surface area contributed by atoms with Crippen LogP contribution in [0.5, 0.6) is 0 Å². The molecule has 6 nitrogen and oxygen atoms in total. The van der Waals surface area contributed by atoms with Crippen molar-refractivity contribution in [1.82, 2.24) is 19.8 Å². The largest absolute Gasteiger partial charge is 4.00 e. The van der Waals surface area contributed by atoms with Gasteiger partial charge in [-0.25, -0.2) is 0 Å². The number of pyridine rings is 1. The van der Waals surface area contributed by atoms with Gasteiger partial charge in [0.2, 0.25) is 0 Å². The van der Waals surface area contributed by atoms with Crippen LogP contribution in [0.15, 0.2) is 91.8 Å². The number of fused-ring (bicyclic) bond motifs is 3. The van der Waals surface area contributed by atoms with Crippen LogP contribution in [0.3, 0.4) is 0 Å². The van der Waals surface area contributed by atoms with Gasteiger partial charge in [-0.2, -0.15) is 13.3 Å². The van der Waals surface area contributed by atoms with Gasteiger partial charge < -0.3 is 24.6 Å². The van der Waals surface area contributed by atoms with Crippen LogP contribution in [0.2, 0.25) is 0 Å². The van der Waals surface area contributed by atoms with Gasteiger partial charge in [0.1, 0.15) is 0 Å². The topological polar surface area (TPSA) is 40.0 Å². The SMILES string of the molecule is [2H]C([2H])([2H])N1C=CN(c2[c-]c(N3C=CN(C([2H])([2H])[2H])[CH-]3)cc(-c3c(C)cc(C)cc3C)c2)[CH-]1.[Pt+4].c1ccc2c(c1)[n-]c1cnccc12. The van der Waals surface area contributed by atoms with Crippen molar-refractivity contribution in [2.45, 2.75) is 20.8 Å². The summed E-state index contributed by atoms with van der Waals surface area (Å²) in [6, 6.07) is 21.6. The van der Waals surface area contributed by atoms with Crippen LogP contribution in [0, 0.1) is 40.2 Å². The van der Waals surface area contributed by atoms with E-state index in [1.165, 1.54) is 42.1 Å². The Labute approximate surface area is 265 Å². The number of aryl methyl sites for hydroxylation is 3. The van der Waals surface area contributed by atoms with Gasteiger partial charge in [-0.05, 0) is 93.1 Å². The van der Waals surface area contributed by atoms with Crippen molar-refractivity contribution in [2.75, 3.05) is 23.8 Å². The Morgan fingerprint density at radius 3 is 2.00 bits per heavy atom. The van der Waals surface area contributed by atoms with Crippen molar-refractivity contribution in [2.24, 2.45) is 0 Å². The summed E-state index contributed by atoms with van der Waals surface area (Å²) in [5.74, 6) is 0. The maximum Gasteiger partial charge on any atom is 4.00 e. The average Bonchev–Trinajstić information content (AvgIpc) is 3.75. The Kier molecular flexibility index (Phi) is 6.26. The maximum atomic E-state index is 7.65. The van der Waals surface area contributed by atoms with Crippen LogP contribution in [0.25, 0.3) is 32.9 Å². The Balaban J connectivity index is 0.000000256. The van der Waals surface area contributed by atoms with Gasteiger partial charge in [-0.15, -0.1) is 46.2 Å². The first-order valence-electron chi connectivity index (χ1n) is 15.9. The summed E-state index contributed by atoms with van der Waals surface area (Å²) < 4.78 is 45.9. The van der Waals surface area contributed by atoms with E-state index in [-0.39, 0.29) is 21.1 Å². The Morgan fingerprint density at radius 2 is 1.39 bits per heavy atom. The van der Waals surface area contributed by atoms with Crippen LogP contribution in [-0.2, 0) is 21.1 Å². The molecule has 0 atom stereocenters. The Hall–Kier alpha value is -4.02. The fourth-order valence-corrected chi connectivity index (χ4v) is 5.22. The number of anilines is 2. The van der Waals surface area contributed by atoms with Gasteiger partial charge >= 0.3 is 21.1 Å². The first-order valence-corrected chi connectivity index (χ1v) is 12.9. The van der Waals surface area contributed by atoms with Crippen molar-refractivity contribution in [3.05, 3.63) is 128 Å². The molecule has 0 saturated carbocycles. The molecule has 0 bridgehead atoms. The van der Waals surface area contributed by atoms with Crippen molar-refractivity contribution in [3.63, 3.8) is 0 Å². The predicted octanol–water partition coefficient (Wildman–Crippen LogP) is 7.11. The minimum Gasteiger partial charge on any atom is -0.656 e. The molecule has 41 heavy (non-hydrogen) atoms. The number of hydrogen-bond acceptors (Lipinski definition) is 5. The summed E-state index contributed by atoms with van der Waals surface area (Å²) in [4.78, 5) is 14.2. The molecule has 208 valence electrons. The van der Waals surface area contributed by atoms with E-state index in [9.17, 15) is 0 Å². The second kappa shape index (κ2) is 11.8. The Bertz CT molecular complexity index is 1840. The van der Waals surface area contributed by atoms with Gasteiger partial charge in [0, 0.05) is 20.6 Å². The smallest absolute Gasteiger partial charge is 0.656 e. The number of rotatable bonds is 3. The van der Waals surface area contributed by atoms with Crippen molar-refractivity contribution in [1.29, 1.82) is 0 Å².